The minimum atomic E-state index is -0.754. The van der Waals surface area contributed by atoms with E-state index in [1.165, 1.54) is 11.2 Å². The Morgan fingerprint density at radius 3 is 2.93 bits per heavy atom. The van der Waals surface area contributed by atoms with Crippen LogP contribution in [0.15, 0.2) is 41.8 Å². The summed E-state index contributed by atoms with van der Waals surface area (Å²) in [7, 11) is 1.65. The van der Waals surface area contributed by atoms with Crippen LogP contribution in [0.5, 0.6) is 0 Å². The van der Waals surface area contributed by atoms with Crippen molar-refractivity contribution < 1.29 is 19.4 Å². The van der Waals surface area contributed by atoms with E-state index in [4.69, 9.17) is 9.84 Å². The van der Waals surface area contributed by atoms with Crippen molar-refractivity contribution in [3.63, 3.8) is 0 Å². The number of hydrazone groups is 1. The third-order valence-corrected chi connectivity index (χ3v) is 5.44. The van der Waals surface area contributed by atoms with Gasteiger partial charge >= 0.3 is 5.97 Å². The summed E-state index contributed by atoms with van der Waals surface area (Å²) in [5.41, 5.74) is 0.507. The Morgan fingerprint density at radius 1 is 1.36 bits per heavy atom. The second-order valence-corrected chi connectivity index (χ2v) is 7.36. The summed E-state index contributed by atoms with van der Waals surface area (Å²) in [6.07, 6.45) is 14.2. The number of allylic oxidation sites excluding steroid dienone is 2. The highest BCUT2D eigenvalue weighted by molar-refractivity contribution is 5.93. The number of hydrogen-bond donors (Lipinski definition) is 1. The van der Waals surface area contributed by atoms with Crippen molar-refractivity contribution in [1.29, 1.82) is 0 Å². The number of carbonyl (C=O) groups is 2. The van der Waals surface area contributed by atoms with Crippen molar-refractivity contribution in [2.75, 3.05) is 7.05 Å². The Hall–Kier alpha value is -2.54. The van der Waals surface area contributed by atoms with Crippen LogP contribution in [0.25, 0.3) is 0 Å². The van der Waals surface area contributed by atoms with Crippen molar-refractivity contribution in [2.24, 2.45) is 16.9 Å². The van der Waals surface area contributed by atoms with Crippen LogP contribution in [-0.2, 0) is 9.53 Å². The molecule has 2 saturated heterocycles. The number of aromatic nitrogens is 1. The number of rotatable bonds is 9. The highest BCUT2D eigenvalue weighted by Gasteiger charge is 2.47. The van der Waals surface area contributed by atoms with E-state index in [1.54, 1.807) is 25.4 Å². The van der Waals surface area contributed by atoms with Gasteiger partial charge in [-0.25, -0.2) is 5.01 Å². The van der Waals surface area contributed by atoms with Crippen LogP contribution in [0.4, 0.5) is 0 Å². The van der Waals surface area contributed by atoms with Crippen molar-refractivity contribution in [3.05, 3.63) is 42.2 Å². The van der Waals surface area contributed by atoms with E-state index in [1.807, 2.05) is 6.21 Å². The molecule has 1 amide bonds. The summed E-state index contributed by atoms with van der Waals surface area (Å²) in [6, 6.07) is 3.45. The molecular weight excluding hydrogens is 358 g/mol. The van der Waals surface area contributed by atoms with Gasteiger partial charge in [-0.2, -0.15) is 5.10 Å². The minimum Gasteiger partial charge on any atom is -0.481 e. The van der Waals surface area contributed by atoms with Gasteiger partial charge in [0.25, 0.3) is 5.91 Å². The van der Waals surface area contributed by atoms with Gasteiger partial charge in [0.2, 0.25) is 0 Å². The van der Waals surface area contributed by atoms with E-state index in [0.717, 1.165) is 25.7 Å². The molecule has 1 N–H and O–H groups in total. The number of carboxylic acid groups (broad SMARTS) is 1. The molecular formula is C21H27N3O4. The normalized spacial score (nSPS) is 26.3. The molecule has 2 fully saturated rings. The predicted molar refractivity (Wildman–Crippen MR) is 105 cm³/mol. The Bertz CT molecular complexity index is 734. The second kappa shape index (κ2) is 9.59. The molecule has 1 aromatic rings. The molecule has 0 unspecified atom stereocenters. The summed E-state index contributed by atoms with van der Waals surface area (Å²) in [4.78, 5) is 26.9. The number of carbonyl (C=O) groups excluding carboxylic acids is 1. The first-order valence-corrected chi connectivity index (χ1v) is 9.80. The molecule has 3 rings (SSSR count). The molecule has 0 radical (unpaired) electrons. The van der Waals surface area contributed by atoms with Gasteiger partial charge < -0.3 is 9.84 Å². The zero-order valence-corrected chi connectivity index (χ0v) is 16.1. The van der Waals surface area contributed by atoms with Crippen LogP contribution in [0, 0.1) is 11.8 Å². The fraction of sp³-hybridized carbons (Fsp3) is 0.524. The average Bonchev–Trinajstić information content (AvgIpc) is 3.30. The zero-order valence-electron chi connectivity index (χ0n) is 16.1. The number of carboxylic acids is 1. The molecule has 1 aromatic heterocycles. The molecule has 2 bridgehead atoms. The zero-order chi connectivity index (χ0) is 19.9. The number of nitrogens with zero attached hydrogens (tertiary/aromatic N) is 3. The first-order chi connectivity index (χ1) is 13.6. The number of amides is 1. The van der Waals surface area contributed by atoms with Crippen LogP contribution >= 0.6 is 0 Å². The average molecular weight is 385 g/mol. The molecule has 3 heterocycles. The molecule has 28 heavy (non-hydrogen) atoms. The molecule has 0 saturated carbocycles. The van der Waals surface area contributed by atoms with E-state index in [2.05, 4.69) is 22.2 Å². The Labute approximate surface area is 165 Å². The second-order valence-electron chi connectivity index (χ2n) is 7.36. The van der Waals surface area contributed by atoms with Crippen molar-refractivity contribution in [2.45, 2.75) is 50.7 Å². The number of aliphatic carboxylic acids is 1. The van der Waals surface area contributed by atoms with Gasteiger partial charge in [0.15, 0.2) is 0 Å². The standard InChI is InChI=1S/C21H27N3O4/c1-24(21(27)15-7-6-12-22-13-15)23-14-17-16(18-10-11-19(17)28-18)8-4-2-3-5-9-20(25)26/h2,4,6-7,12-14,16-19H,3,5,8-11H2,1H3,(H,25,26)/b4-2-,23-14?/t16-,17+,18-,19+/m1/s1. The molecule has 0 aliphatic carbocycles. The molecule has 0 aromatic carbocycles. The number of hydrogen-bond acceptors (Lipinski definition) is 5. The number of pyridine rings is 1. The van der Waals surface area contributed by atoms with Crippen molar-refractivity contribution in [3.8, 4) is 0 Å². The molecule has 0 spiro atoms. The van der Waals surface area contributed by atoms with Crippen LogP contribution in [0.2, 0.25) is 0 Å². The number of fused-ring (bicyclic) bond motifs is 2. The summed E-state index contributed by atoms with van der Waals surface area (Å²) >= 11 is 0. The molecule has 7 nitrogen and oxygen atoms in total. The Balaban J connectivity index is 1.55. The van der Waals surface area contributed by atoms with E-state index < -0.39 is 5.97 Å². The van der Waals surface area contributed by atoms with Crippen molar-refractivity contribution in [1.82, 2.24) is 9.99 Å². The summed E-state index contributed by atoms with van der Waals surface area (Å²) in [5, 5.41) is 14.4. The van der Waals surface area contributed by atoms with E-state index in [0.29, 0.717) is 17.9 Å². The van der Waals surface area contributed by atoms with Gasteiger partial charge in [-0.05, 0) is 50.2 Å². The minimum absolute atomic E-state index is 0.168. The van der Waals surface area contributed by atoms with Gasteiger partial charge in [0, 0.05) is 38.0 Å². The predicted octanol–water partition coefficient (Wildman–Crippen LogP) is 3.13. The lowest BCUT2D eigenvalue weighted by Gasteiger charge is -2.24. The van der Waals surface area contributed by atoms with Crippen LogP contribution in [-0.4, -0.2) is 52.4 Å². The van der Waals surface area contributed by atoms with Crippen LogP contribution in [0.3, 0.4) is 0 Å². The smallest absolute Gasteiger partial charge is 0.303 e. The van der Waals surface area contributed by atoms with Gasteiger partial charge in [0.05, 0.1) is 17.8 Å². The molecule has 7 heteroatoms. The third kappa shape index (κ3) is 5.04. The highest BCUT2D eigenvalue weighted by Crippen LogP contribution is 2.44. The molecule has 2 aliphatic heterocycles. The monoisotopic (exact) mass is 385 g/mol. The molecule has 150 valence electrons. The van der Waals surface area contributed by atoms with Gasteiger partial charge in [-0.1, -0.05) is 12.2 Å². The summed E-state index contributed by atoms with van der Waals surface area (Å²) in [5.74, 6) is -0.411. The quantitative estimate of drug-likeness (QED) is 0.305. The Morgan fingerprint density at radius 2 is 2.18 bits per heavy atom. The lowest BCUT2D eigenvalue weighted by Crippen LogP contribution is -2.29. The fourth-order valence-corrected chi connectivity index (χ4v) is 3.97. The van der Waals surface area contributed by atoms with Gasteiger partial charge in [-0.3, -0.25) is 14.6 Å². The van der Waals surface area contributed by atoms with Crippen LogP contribution < -0.4 is 0 Å². The largest absolute Gasteiger partial charge is 0.481 e. The maximum Gasteiger partial charge on any atom is 0.303 e. The van der Waals surface area contributed by atoms with E-state index in [9.17, 15) is 9.59 Å². The van der Waals surface area contributed by atoms with Gasteiger partial charge in [0.1, 0.15) is 0 Å². The van der Waals surface area contributed by atoms with Gasteiger partial charge in [-0.15, -0.1) is 0 Å². The first-order valence-electron chi connectivity index (χ1n) is 9.80. The SMILES string of the molecule is CN(N=C[C@H]1[C@@H](C/C=C\CCCC(=O)O)[C@H]2CC[C@@H]1O2)C(=O)c1cccnc1. The number of ether oxygens (including phenoxy) is 1. The van der Waals surface area contributed by atoms with E-state index >= 15 is 0 Å². The molecule has 4 atom stereocenters. The summed E-state index contributed by atoms with van der Waals surface area (Å²) in [6.45, 7) is 0. The topological polar surface area (TPSA) is 92.1 Å². The molecule has 2 aliphatic rings. The maximum absolute atomic E-state index is 12.4. The lowest BCUT2D eigenvalue weighted by atomic mass is 9.78. The van der Waals surface area contributed by atoms with E-state index in [-0.39, 0.29) is 30.5 Å². The summed E-state index contributed by atoms with van der Waals surface area (Å²) < 4.78 is 6.07. The van der Waals surface area contributed by atoms with Crippen LogP contribution in [0.1, 0.15) is 48.9 Å². The third-order valence-electron chi connectivity index (χ3n) is 5.44. The maximum atomic E-state index is 12.4. The lowest BCUT2D eigenvalue weighted by molar-refractivity contribution is -0.137. The number of unbranched alkanes of at least 4 members (excludes halogenated alkanes) is 1. The Kier molecular flexibility index (Phi) is 6.92. The fourth-order valence-electron chi connectivity index (χ4n) is 3.97. The van der Waals surface area contributed by atoms with Crippen molar-refractivity contribution >= 4 is 18.1 Å². The first kappa shape index (κ1) is 20.2. The highest BCUT2D eigenvalue weighted by atomic mass is 16.5.